The summed E-state index contributed by atoms with van der Waals surface area (Å²) < 4.78 is 5.63. The van der Waals surface area contributed by atoms with Gasteiger partial charge < -0.3 is 9.73 Å². The van der Waals surface area contributed by atoms with Crippen molar-refractivity contribution in [1.82, 2.24) is 25.5 Å². The lowest BCUT2D eigenvalue weighted by molar-refractivity contribution is 0.0922. The monoisotopic (exact) mass is 323 g/mol. The number of hydrogen-bond donors (Lipinski definition) is 2. The van der Waals surface area contributed by atoms with Crippen molar-refractivity contribution in [3.8, 4) is 11.5 Å². The van der Waals surface area contributed by atoms with Crippen LogP contribution in [0.3, 0.4) is 0 Å². The molecule has 0 aliphatic heterocycles. The number of aromatic amines is 1. The van der Waals surface area contributed by atoms with Crippen molar-refractivity contribution in [3.63, 3.8) is 0 Å². The molecule has 0 bridgehead atoms. The molecule has 4 rings (SSSR count). The van der Waals surface area contributed by atoms with Gasteiger partial charge in [-0.25, -0.2) is 9.97 Å². The molecule has 7 heteroatoms. The van der Waals surface area contributed by atoms with E-state index in [4.69, 9.17) is 4.42 Å². The first-order valence-corrected chi connectivity index (χ1v) is 7.93. The Kier molecular flexibility index (Phi) is 3.60. The zero-order valence-corrected chi connectivity index (χ0v) is 13.2. The summed E-state index contributed by atoms with van der Waals surface area (Å²) in [6, 6.07) is 9.49. The fraction of sp³-hybridized carbons (Fsp3) is 0.294. The summed E-state index contributed by atoms with van der Waals surface area (Å²) in [5.74, 6) is 2.30. The molecular formula is C17H17N5O2. The molecule has 0 spiro atoms. The number of H-pyrrole nitrogens is 1. The molecule has 2 aromatic heterocycles. The summed E-state index contributed by atoms with van der Waals surface area (Å²) in [7, 11) is 0. The standard InChI is InChI=1S/C17H17N5O2/c1-10-14(24-17(19-10)12-5-3-2-4-6-12)16(23)18-9-13-20-15(22-21-13)11-7-8-11/h2-6,11H,7-9H2,1H3,(H,18,23)(H,20,21,22). The van der Waals surface area contributed by atoms with Gasteiger partial charge in [-0.15, -0.1) is 0 Å². The molecule has 1 amide bonds. The number of nitrogens with zero attached hydrogens (tertiary/aromatic N) is 3. The Balaban J connectivity index is 1.45. The van der Waals surface area contributed by atoms with Crippen molar-refractivity contribution >= 4 is 5.91 Å². The molecule has 2 heterocycles. The fourth-order valence-corrected chi connectivity index (χ4v) is 2.47. The van der Waals surface area contributed by atoms with Crippen LogP contribution in [0.25, 0.3) is 11.5 Å². The van der Waals surface area contributed by atoms with E-state index >= 15 is 0 Å². The molecule has 3 aromatic rings. The molecule has 1 saturated carbocycles. The van der Waals surface area contributed by atoms with Crippen LogP contribution in [-0.4, -0.2) is 26.1 Å². The highest BCUT2D eigenvalue weighted by Gasteiger charge is 2.27. The Morgan fingerprint density at radius 3 is 2.83 bits per heavy atom. The summed E-state index contributed by atoms with van der Waals surface area (Å²) >= 11 is 0. The average Bonchev–Trinajstić information content (AvgIpc) is 3.22. The van der Waals surface area contributed by atoms with E-state index in [1.165, 1.54) is 0 Å². The van der Waals surface area contributed by atoms with Gasteiger partial charge in [0.2, 0.25) is 11.7 Å². The lowest BCUT2D eigenvalue weighted by Crippen LogP contribution is -2.23. The highest BCUT2D eigenvalue weighted by molar-refractivity contribution is 5.92. The maximum atomic E-state index is 12.3. The van der Waals surface area contributed by atoms with Crippen LogP contribution in [-0.2, 0) is 6.54 Å². The molecular weight excluding hydrogens is 306 g/mol. The van der Waals surface area contributed by atoms with Crippen molar-refractivity contribution in [2.24, 2.45) is 0 Å². The summed E-state index contributed by atoms with van der Waals surface area (Å²) in [5.41, 5.74) is 1.39. The van der Waals surface area contributed by atoms with Gasteiger partial charge in [0.05, 0.1) is 12.2 Å². The maximum Gasteiger partial charge on any atom is 0.289 e. The number of carbonyl (C=O) groups is 1. The quantitative estimate of drug-likeness (QED) is 0.752. The predicted octanol–water partition coefficient (Wildman–Crippen LogP) is 2.58. The molecule has 1 aliphatic rings. The zero-order chi connectivity index (χ0) is 16.5. The van der Waals surface area contributed by atoms with Crippen molar-refractivity contribution in [3.05, 3.63) is 53.4 Å². The number of amides is 1. The molecule has 1 aliphatic carbocycles. The van der Waals surface area contributed by atoms with Gasteiger partial charge in [0.25, 0.3) is 5.91 Å². The second-order valence-corrected chi connectivity index (χ2v) is 5.90. The van der Waals surface area contributed by atoms with Gasteiger partial charge in [-0.2, -0.15) is 5.10 Å². The van der Waals surface area contributed by atoms with E-state index in [0.29, 0.717) is 23.3 Å². The first-order valence-electron chi connectivity index (χ1n) is 7.93. The summed E-state index contributed by atoms with van der Waals surface area (Å²) in [6.07, 6.45) is 2.28. The zero-order valence-electron chi connectivity index (χ0n) is 13.2. The van der Waals surface area contributed by atoms with E-state index in [2.05, 4.69) is 25.5 Å². The van der Waals surface area contributed by atoms with E-state index in [1.54, 1.807) is 6.92 Å². The van der Waals surface area contributed by atoms with Crippen molar-refractivity contribution in [2.75, 3.05) is 0 Å². The van der Waals surface area contributed by atoms with Crippen LogP contribution in [0.4, 0.5) is 0 Å². The predicted molar refractivity (Wildman–Crippen MR) is 86.2 cm³/mol. The fourth-order valence-electron chi connectivity index (χ4n) is 2.47. The van der Waals surface area contributed by atoms with E-state index in [0.717, 1.165) is 24.2 Å². The topological polar surface area (TPSA) is 96.7 Å². The van der Waals surface area contributed by atoms with E-state index in [-0.39, 0.29) is 18.2 Å². The highest BCUT2D eigenvalue weighted by atomic mass is 16.4. The van der Waals surface area contributed by atoms with Crippen LogP contribution in [0.1, 0.15) is 46.7 Å². The van der Waals surface area contributed by atoms with Crippen LogP contribution in [0.15, 0.2) is 34.7 Å². The van der Waals surface area contributed by atoms with E-state index in [1.807, 2.05) is 30.3 Å². The normalized spacial score (nSPS) is 13.9. The molecule has 122 valence electrons. The van der Waals surface area contributed by atoms with Crippen LogP contribution in [0.5, 0.6) is 0 Å². The van der Waals surface area contributed by atoms with Crippen molar-refractivity contribution < 1.29 is 9.21 Å². The summed E-state index contributed by atoms with van der Waals surface area (Å²) in [6.45, 7) is 2.03. The smallest absolute Gasteiger partial charge is 0.289 e. The molecule has 7 nitrogen and oxygen atoms in total. The first-order chi connectivity index (χ1) is 11.7. The summed E-state index contributed by atoms with van der Waals surface area (Å²) in [5, 5.41) is 9.81. The molecule has 24 heavy (non-hydrogen) atoms. The minimum absolute atomic E-state index is 0.218. The largest absolute Gasteiger partial charge is 0.431 e. The lowest BCUT2D eigenvalue weighted by Gasteiger charge is -2.00. The van der Waals surface area contributed by atoms with Gasteiger partial charge in [-0.3, -0.25) is 9.89 Å². The number of rotatable bonds is 5. The van der Waals surface area contributed by atoms with Gasteiger partial charge in [0.15, 0.2) is 5.82 Å². The minimum atomic E-state index is -0.313. The van der Waals surface area contributed by atoms with Crippen molar-refractivity contribution in [2.45, 2.75) is 32.2 Å². The Hall–Kier alpha value is -2.96. The van der Waals surface area contributed by atoms with Gasteiger partial charge in [0, 0.05) is 11.5 Å². The molecule has 2 N–H and O–H groups in total. The Labute approximate surface area is 138 Å². The summed E-state index contributed by atoms with van der Waals surface area (Å²) in [4.78, 5) is 21.0. The number of aryl methyl sites for hydroxylation is 1. The third-order valence-electron chi connectivity index (χ3n) is 3.93. The number of carbonyl (C=O) groups excluding carboxylic acids is 1. The number of benzene rings is 1. The number of hydrogen-bond acceptors (Lipinski definition) is 5. The maximum absolute atomic E-state index is 12.3. The SMILES string of the molecule is Cc1nc(-c2ccccc2)oc1C(=O)NCc1nc(C2CC2)n[nH]1. The van der Waals surface area contributed by atoms with Crippen LogP contribution in [0.2, 0.25) is 0 Å². The number of oxazole rings is 1. The molecule has 0 radical (unpaired) electrons. The average molecular weight is 323 g/mol. The van der Waals surface area contributed by atoms with Crippen molar-refractivity contribution in [1.29, 1.82) is 0 Å². The second-order valence-electron chi connectivity index (χ2n) is 5.90. The van der Waals surface area contributed by atoms with Crippen LogP contribution >= 0.6 is 0 Å². The van der Waals surface area contributed by atoms with Crippen LogP contribution < -0.4 is 5.32 Å². The Morgan fingerprint density at radius 1 is 1.29 bits per heavy atom. The number of nitrogens with one attached hydrogen (secondary N) is 2. The third-order valence-corrected chi connectivity index (χ3v) is 3.93. The van der Waals surface area contributed by atoms with Gasteiger partial charge >= 0.3 is 0 Å². The number of aromatic nitrogens is 4. The third kappa shape index (κ3) is 2.92. The van der Waals surface area contributed by atoms with Gasteiger partial charge in [0.1, 0.15) is 5.82 Å². The molecule has 1 aromatic carbocycles. The Morgan fingerprint density at radius 2 is 2.08 bits per heavy atom. The second kappa shape index (κ2) is 5.92. The first kappa shape index (κ1) is 14.6. The molecule has 0 atom stereocenters. The van der Waals surface area contributed by atoms with E-state index in [9.17, 15) is 4.79 Å². The molecule has 1 fully saturated rings. The minimum Gasteiger partial charge on any atom is -0.431 e. The lowest BCUT2D eigenvalue weighted by atomic mass is 10.2. The molecule has 0 saturated heterocycles. The molecule has 0 unspecified atom stereocenters. The van der Waals surface area contributed by atoms with Crippen LogP contribution in [0, 0.1) is 6.92 Å². The van der Waals surface area contributed by atoms with E-state index < -0.39 is 0 Å². The van der Waals surface area contributed by atoms with Gasteiger partial charge in [-0.1, -0.05) is 18.2 Å². The Bertz CT molecular complexity index is 864. The van der Waals surface area contributed by atoms with Gasteiger partial charge in [-0.05, 0) is 31.9 Å². The highest BCUT2D eigenvalue weighted by Crippen LogP contribution is 2.37.